The van der Waals surface area contributed by atoms with Gasteiger partial charge < -0.3 is 15.2 Å². The quantitative estimate of drug-likeness (QED) is 0.548. The number of aromatic carboxylic acids is 1. The largest absolute Gasteiger partial charge is 0.477 e. The third kappa shape index (κ3) is 3.81. The lowest BCUT2D eigenvalue weighted by Crippen LogP contribution is -2.33. The predicted molar refractivity (Wildman–Crippen MR) is 103 cm³/mol. The zero-order valence-corrected chi connectivity index (χ0v) is 15.5. The van der Waals surface area contributed by atoms with Crippen LogP contribution in [0.25, 0.3) is 10.9 Å². The van der Waals surface area contributed by atoms with Gasteiger partial charge in [0, 0.05) is 30.2 Å². The van der Waals surface area contributed by atoms with Crippen molar-refractivity contribution in [1.29, 1.82) is 0 Å². The topological polar surface area (TPSA) is 128 Å². The molecule has 0 unspecified atom stereocenters. The Morgan fingerprint density at radius 2 is 1.82 bits per heavy atom. The van der Waals surface area contributed by atoms with Crippen molar-refractivity contribution in [2.45, 2.75) is 11.4 Å². The van der Waals surface area contributed by atoms with Crippen molar-refractivity contribution in [2.75, 3.05) is 13.2 Å². The average Bonchev–Trinajstić information content (AvgIpc) is 2.68. The monoisotopic (exact) mass is 402 g/mol. The summed E-state index contributed by atoms with van der Waals surface area (Å²) < 4.78 is 27.3. The van der Waals surface area contributed by atoms with E-state index in [0.29, 0.717) is 5.52 Å². The van der Waals surface area contributed by atoms with Crippen LogP contribution in [0, 0.1) is 0 Å². The molecule has 146 valence electrons. The van der Waals surface area contributed by atoms with E-state index in [-0.39, 0.29) is 30.0 Å². The van der Waals surface area contributed by atoms with Crippen molar-refractivity contribution in [3.05, 3.63) is 76.1 Å². The number of fused-ring (bicyclic) bond motifs is 1. The van der Waals surface area contributed by atoms with Gasteiger partial charge in [0.2, 0.25) is 15.5 Å². The average molecular weight is 402 g/mol. The molecule has 0 spiro atoms. The summed E-state index contributed by atoms with van der Waals surface area (Å²) in [6.45, 7) is -0.447. The van der Waals surface area contributed by atoms with Gasteiger partial charge in [-0.1, -0.05) is 30.3 Å². The SMILES string of the molecule is O=C(O)c1c[nH]c2ccc(S(=O)(=O)N(CCO)Cc3ccccc3)cc2c1=O. The van der Waals surface area contributed by atoms with Crippen molar-refractivity contribution in [2.24, 2.45) is 0 Å². The van der Waals surface area contributed by atoms with Gasteiger partial charge in [-0.15, -0.1) is 0 Å². The molecule has 0 saturated heterocycles. The maximum atomic E-state index is 13.1. The van der Waals surface area contributed by atoms with Crippen LogP contribution in [0.4, 0.5) is 0 Å². The molecule has 0 aliphatic carbocycles. The van der Waals surface area contributed by atoms with Crippen molar-refractivity contribution in [3.63, 3.8) is 0 Å². The molecule has 0 atom stereocenters. The fourth-order valence-electron chi connectivity index (χ4n) is 2.85. The number of rotatable bonds is 7. The summed E-state index contributed by atoms with van der Waals surface area (Å²) in [5, 5.41) is 18.4. The highest BCUT2D eigenvalue weighted by atomic mass is 32.2. The first kappa shape index (κ1) is 19.7. The molecule has 1 heterocycles. The minimum Gasteiger partial charge on any atom is -0.477 e. The van der Waals surface area contributed by atoms with Gasteiger partial charge in [-0.05, 0) is 23.8 Å². The molecule has 9 heteroatoms. The molecule has 0 radical (unpaired) electrons. The third-order valence-electron chi connectivity index (χ3n) is 4.27. The van der Waals surface area contributed by atoms with Crippen LogP contribution in [0.15, 0.2) is 64.4 Å². The zero-order chi connectivity index (χ0) is 20.3. The molecule has 0 aliphatic heterocycles. The zero-order valence-electron chi connectivity index (χ0n) is 14.7. The second kappa shape index (κ2) is 7.93. The van der Waals surface area contributed by atoms with E-state index in [0.717, 1.165) is 22.1 Å². The number of sulfonamides is 1. The van der Waals surface area contributed by atoms with Crippen molar-refractivity contribution in [3.8, 4) is 0 Å². The van der Waals surface area contributed by atoms with Gasteiger partial charge in [0.1, 0.15) is 5.56 Å². The molecular formula is C19H18N2O6S. The number of nitrogens with zero attached hydrogens (tertiary/aromatic N) is 1. The van der Waals surface area contributed by atoms with Gasteiger partial charge >= 0.3 is 5.97 Å². The van der Waals surface area contributed by atoms with Crippen molar-refractivity contribution >= 4 is 26.9 Å². The number of carbonyl (C=O) groups is 1. The number of nitrogens with one attached hydrogen (secondary N) is 1. The number of benzene rings is 2. The number of aliphatic hydroxyl groups excluding tert-OH is 1. The number of carboxylic acid groups (broad SMARTS) is 1. The number of aromatic amines is 1. The number of H-pyrrole nitrogens is 1. The highest BCUT2D eigenvalue weighted by Gasteiger charge is 2.25. The van der Waals surface area contributed by atoms with E-state index in [1.807, 2.05) is 6.07 Å². The molecule has 0 aliphatic rings. The molecule has 0 saturated carbocycles. The lowest BCUT2D eigenvalue weighted by Gasteiger charge is -2.21. The molecule has 0 amide bonds. The van der Waals surface area contributed by atoms with Crippen LogP contribution in [0.3, 0.4) is 0 Å². The first-order valence-electron chi connectivity index (χ1n) is 8.38. The highest BCUT2D eigenvalue weighted by molar-refractivity contribution is 7.89. The Kier molecular flexibility index (Phi) is 5.59. The van der Waals surface area contributed by atoms with Crippen LogP contribution in [-0.2, 0) is 16.6 Å². The Morgan fingerprint density at radius 3 is 2.46 bits per heavy atom. The fraction of sp³-hybridized carbons (Fsp3) is 0.158. The van der Waals surface area contributed by atoms with E-state index < -0.39 is 27.0 Å². The van der Waals surface area contributed by atoms with Gasteiger partial charge in [0.05, 0.1) is 11.5 Å². The van der Waals surface area contributed by atoms with E-state index in [4.69, 9.17) is 5.11 Å². The van der Waals surface area contributed by atoms with Gasteiger partial charge in [-0.2, -0.15) is 4.31 Å². The molecule has 8 nitrogen and oxygen atoms in total. The van der Waals surface area contributed by atoms with E-state index in [1.54, 1.807) is 24.3 Å². The van der Waals surface area contributed by atoms with Crippen LogP contribution < -0.4 is 5.43 Å². The van der Waals surface area contributed by atoms with Gasteiger partial charge in [-0.3, -0.25) is 4.79 Å². The maximum Gasteiger partial charge on any atom is 0.341 e. The molecule has 28 heavy (non-hydrogen) atoms. The smallest absolute Gasteiger partial charge is 0.341 e. The predicted octanol–water partition coefficient (Wildman–Crippen LogP) is 1.41. The van der Waals surface area contributed by atoms with Crippen LogP contribution in [0.1, 0.15) is 15.9 Å². The summed E-state index contributed by atoms with van der Waals surface area (Å²) in [7, 11) is -4.03. The molecule has 0 bridgehead atoms. The molecule has 1 aromatic heterocycles. The fourth-order valence-corrected chi connectivity index (χ4v) is 4.29. The number of aromatic nitrogens is 1. The number of aliphatic hydroxyl groups is 1. The number of hydrogen-bond acceptors (Lipinski definition) is 5. The second-order valence-corrected chi connectivity index (χ2v) is 8.03. The van der Waals surface area contributed by atoms with Crippen LogP contribution in [-0.4, -0.2) is 47.0 Å². The molecule has 3 aromatic rings. The summed E-state index contributed by atoms with van der Waals surface area (Å²) in [6, 6.07) is 12.8. The molecule has 0 fully saturated rings. The summed E-state index contributed by atoms with van der Waals surface area (Å²) in [4.78, 5) is 26.1. The lowest BCUT2D eigenvalue weighted by molar-refractivity contribution is 0.0695. The number of hydrogen-bond donors (Lipinski definition) is 3. The number of pyridine rings is 1. The molecule has 2 aromatic carbocycles. The Hall–Kier alpha value is -3.01. The van der Waals surface area contributed by atoms with E-state index in [9.17, 15) is 23.1 Å². The Bertz CT molecular complexity index is 1170. The maximum absolute atomic E-state index is 13.1. The van der Waals surface area contributed by atoms with Crippen LogP contribution in [0.5, 0.6) is 0 Å². The first-order chi connectivity index (χ1) is 13.3. The van der Waals surface area contributed by atoms with Gasteiger partial charge in [0.25, 0.3) is 0 Å². The minimum atomic E-state index is -4.03. The van der Waals surface area contributed by atoms with Gasteiger partial charge in [0.15, 0.2) is 0 Å². The van der Waals surface area contributed by atoms with Gasteiger partial charge in [-0.25, -0.2) is 13.2 Å². The standard InChI is InChI=1S/C19H18N2O6S/c22-9-8-21(12-13-4-2-1-3-5-13)28(26,27)14-6-7-17-15(10-14)18(23)16(11-20-17)19(24)25/h1-7,10-11,22H,8-9,12H2,(H,20,23)(H,24,25). The summed E-state index contributed by atoms with van der Waals surface area (Å²) >= 11 is 0. The van der Waals surface area contributed by atoms with Crippen LogP contribution in [0.2, 0.25) is 0 Å². The first-order valence-corrected chi connectivity index (χ1v) is 9.82. The highest BCUT2D eigenvalue weighted by Crippen LogP contribution is 2.21. The molecular weight excluding hydrogens is 384 g/mol. The Balaban J connectivity index is 2.08. The van der Waals surface area contributed by atoms with E-state index >= 15 is 0 Å². The summed E-state index contributed by atoms with van der Waals surface area (Å²) in [5.41, 5.74) is -0.175. The van der Waals surface area contributed by atoms with E-state index in [1.165, 1.54) is 12.1 Å². The number of carboxylic acids is 1. The Morgan fingerprint density at radius 1 is 1.11 bits per heavy atom. The summed E-state index contributed by atoms with van der Waals surface area (Å²) in [6.07, 6.45) is 1.08. The minimum absolute atomic E-state index is 0.0374. The second-order valence-electron chi connectivity index (χ2n) is 6.09. The van der Waals surface area contributed by atoms with Crippen molar-refractivity contribution in [1.82, 2.24) is 9.29 Å². The lowest BCUT2D eigenvalue weighted by atomic mass is 10.1. The molecule has 3 rings (SSSR count). The van der Waals surface area contributed by atoms with E-state index in [2.05, 4.69) is 4.98 Å². The van der Waals surface area contributed by atoms with Crippen LogP contribution >= 0.6 is 0 Å². The molecule has 3 N–H and O–H groups in total. The third-order valence-corrected chi connectivity index (χ3v) is 6.11. The van der Waals surface area contributed by atoms with Crippen molar-refractivity contribution < 1.29 is 23.4 Å². The normalized spacial score (nSPS) is 11.8. The summed E-state index contributed by atoms with van der Waals surface area (Å²) in [5.74, 6) is -1.40. The Labute approximate surface area is 160 Å².